The monoisotopic (exact) mass is 423 g/mol. The van der Waals surface area contributed by atoms with Gasteiger partial charge in [0.2, 0.25) is 5.91 Å². The fourth-order valence-corrected chi connectivity index (χ4v) is 3.32. The molecule has 5 nitrogen and oxygen atoms in total. The Kier molecular flexibility index (Phi) is 7.13. The fourth-order valence-electron chi connectivity index (χ4n) is 2.21. The van der Waals surface area contributed by atoms with Crippen LogP contribution in [-0.4, -0.2) is 34.8 Å². The number of amides is 2. The lowest BCUT2D eigenvalue weighted by Crippen LogP contribution is -2.39. The van der Waals surface area contributed by atoms with Gasteiger partial charge in [-0.25, -0.2) is 4.98 Å². The van der Waals surface area contributed by atoms with Gasteiger partial charge in [0.15, 0.2) is 5.13 Å². The molecule has 2 rings (SSSR count). The molecular formula is C18H22BrN3O2S. The molecule has 0 fully saturated rings. The number of aromatic nitrogens is 1. The van der Waals surface area contributed by atoms with Crippen molar-refractivity contribution in [3.05, 3.63) is 45.4 Å². The number of anilines is 1. The minimum absolute atomic E-state index is 0.0106. The van der Waals surface area contributed by atoms with E-state index in [9.17, 15) is 9.59 Å². The Morgan fingerprint density at radius 2 is 2.12 bits per heavy atom. The summed E-state index contributed by atoms with van der Waals surface area (Å²) in [5.41, 5.74) is 1.43. The van der Waals surface area contributed by atoms with Gasteiger partial charge < -0.3 is 10.2 Å². The van der Waals surface area contributed by atoms with Crippen LogP contribution in [0.4, 0.5) is 5.13 Å². The molecule has 0 saturated carbocycles. The summed E-state index contributed by atoms with van der Waals surface area (Å²) in [5.74, 6) is 0.0661. The van der Waals surface area contributed by atoms with Crippen LogP contribution in [0.15, 0.2) is 34.1 Å². The number of benzene rings is 1. The second-order valence-electron chi connectivity index (χ2n) is 6.26. The van der Waals surface area contributed by atoms with Crippen molar-refractivity contribution in [2.45, 2.75) is 27.2 Å². The number of thiazole rings is 1. The highest BCUT2D eigenvalue weighted by Crippen LogP contribution is 2.16. The van der Waals surface area contributed by atoms with Crippen molar-refractivity contribution in [3.63, 3.8) is 0 Å². The number of aryl methyl sites for hydroxylation is 1. The first-order valence-electron chi connectivity index (χ1n) is 8.12. The van der Waals surface area contributed by atoms with Crippen LogP contribution >= 0.6 is 27.3 Å². The molecule has 1 heterocycles. The average Bonchev–Trinajstić information content (AvgIpc) is 2.95. The molecule has 134 valence electrons. The quantitative estimate of drug-likeness (QED) is 0.719. The number of hydrogen-bond acceptors (Lipinski definition) is 4. The lowest BCUT2D eigenvalue weighted by atomic mass is 10.1. The minimum Gasteiger partial charge on any atom is -0.329 e. The van der Waals surface area contributed by atoms with E-state index in [1.54, 1.807) is 17.0 Å². The molecule has 0 spiro atoms. The van der Waals surface area contributed by atoms with Crippen LogP contribution in [-0.2, 0) is 4.79 Å². The van der Waals surface area contributed by atoms with Gasteiger partial charge in [-0.3, -0.25) is 9.59 Å². The number of halogens is 1. The molecule has 0 aliphatic heterocycles. The van der Waals surface area contributed by atoms with Crippen molar-refractivity contribution in [1.29, 1.82) is 0 Å². The van der Waals surface area contributed by atoms with Crippen molar-refractivity contribution >= 4 is 44.2 Å². The van der Waals surface area contributed by atoms with E-state index < -0.39 is 0 Å². The third-order valence-corrected chi connectivity index (χ3v) is 4.90. The van der Waals surface area contributed by atoms with Crippen LogP contribution in [0.3, 0.4) is 0 Å². The van der Waals surface area contributed by atoms with Crippen LogP contribution in [0.1, 0.15) is 36.3 Å². The number of carbonyl (C=O) groups is 2. The summed E-state index contributed by atoms with van der Waals surface area (Å²) in [7, 11) is 0. The third-order valence-electron chi connectivity index (χ3n) is 3.53. The molecule has 1 aromatic carbocycles. The van der Waals surface area contributed by atoms with Crippen LogP contribution < -0.4 is 5.32 Å². The Bertz CT molecular complexity index is 745. The molecule has 0 atom stereocenters. The van der Waals surface area contributed by atoms with Crippen LogP contribution in [0.2, 0.25) is 0 Å². The molecule has 0 bridgehead atoms. The summed E-state index contributed by atoms with van der Waals surface area (Å²) < 4.78 is 0.838. The Hall–Kier alpha value is -1.73. The van der Waals surface area contributed by atoms with Crippen molar-refractivity contribution in [2.75, 3.05) is 18.4 Å². The number of carbonyl (C=O) groups excluding carboxylic acids is 2. The first-order valence-corrected chi connectivity index (χ1v) is 9.79. The van der Waals surface area contributed by atoms with Crippen molar-refractivity contribution in [2.24, 2.45) is 5.92 Å². The molecule has 2 amide bonds. The molecule has 1 N–H and O–H groups in total. The van der Waals surface area contributed by atoms with Gasteiger partial charge >= 0.3 is 0 Å². The summed E-state index contributed by atoms with van der Waals surface area (Å²) in [6, 6.07) is 7.22. The smallest absolute Gasteiger partial charge is 0.254 e. The first-order chi connectivity index (χ1) is 11.8. The van der Waals surface area contributed by atoms with Crippen LogP contribution in [0.5, 0.6) is 0 Å². The van der Waals surface area contributed by atoms with E-state index in [0.29, 0.717) is 23.2 Å². The van der Waals surface area contributed by atoms with Gasteiger partial charge in [-0.05, 0) is 37.5 Å². The lowest BCUT2D eigenvalue weighted by molar-refractivity contribution is -0.116. The van der Waals surface area contributed by atoms with Gasteiger partial charge in [-0.1, -0.05) is 35.8 Å². The van der Waals surface area contributed by atoms with Gasteiger partial charge in [0.05, 0.1) is 5.69 Å². The van der Waals surface area contributed by atoms with Crippen LogP contribution in [0, 0.1) is 12.8 Å². The van der Waals surface area contributed by atoms with E-state index >= 15 is 0 Å². The maximum absolute atomic E-state index is 12.8. The average molecular weight is 424 g/mol. The van der Waals surface area contributed by atoms with E-state index in [0.717, 1.165) is 16.6 Å². The van der Waals surface area contributed by atoms with Gasteiger partial charge in [0, 0.05) is 22.0 Å². The second-order valence-corrected chi connectivity index (χ2v) is 8.04. The van der Waals surface area contributed by atoms with Gasteiger partial charge in [-0.15, -0.1) is 11.3 Å². The molecular weight excluding hydrogens is 402 g/mol. The van der Waals surface area contributed by atoms with Gasteiger partial charge in [0.1, 0.15) is 6.54 Å². The van der Waals surface area contributed by atoms with Crippen molar-refractivity contribution in [1.82, 2.24) is 9.88 Å². The topological polar surface area (TPSA) is 62.3 Å². The Morgan fingerprint density at radius 3 is 2.72 bits per heavy atom. The zero-order chi connectivity index (χ0) is 18.4. The number of rotatable bonds is 7. The van der Waals surface area contributed by atoms with Gasteiger partial charge in [-0.2, -0.15) is 0 Å². The number of hydrogen-bond donors (Lipinski definition) is 1. The minimum atomic E-state index is -0.235. The molecule has 7 heteroatoms. The first kappa shape index (κ1) is 19.6. The fraction of sp³-hybridized carbons (Fsp3) is 0.389. The molecule has 0 aliphatic carbocycles. The number of nitrogens with zero attached hydrogens (tertiary/aromatic N) is 2. The molecule has 0 aliphatic rings. The Balaban J connectivity index is 2.08. The van der Waals surface area contributed by atoms with E-state index in [1.807, 2.05) is 24.4 Å². The molecule has 25 heavy (non-hydrogen) atoms. The van der Waals surface area contributed by atoms with E-state index in [-0.39, 0.29) is 18.4 Å². The third kappa shape index (κ3) is 6.25. The van der Waals surface area contributed by atoms with Crippen molar-refractivity contribution in [3.8, 4) is 0 Å². The largest absolute Gasteiger partial charge is 0.329 e. The summed E-state index contributed by atoms with van der Waals surface area (Å²) in [4.78, 5) is 31.0. The highest BCUT2D eigenvalue weighted by Gasteiger charge is 2.20. The summed E-state index contributed by atoms with van der Waals surface area (Å²) >= 11 is 4.76. The molecule has 1 aromatic heterocycles. The van der Waals surface area contributed by atoms with E-state index in [1.165, 1.54) is 11.3 Å². The number of nitrogens with one attached hydrogen (secondary N) is 1. The van der Waals surface area contributed by atoms with Gasteiger partial charge in [0.25, 0.3) is 5.91 Å². The van der Waals surface area contributed by atoms with Crippen LogP contribution in [0.25, 0.3) is 0 Å². The lowest BCUT2D eigenvalue weighted by Gasteiger charge is -2.23. The highest BCUT2D eigenvalue weighted by atomic mass is 79.9. The molecule has 0 unspecified atom stereocenters. The zero-order valence-corrected chi connectivity index (χ0v) is 17.0. The molecule has 0 radical (unpaired) electrons. The highest BCUT2D eigenvalue weighted by molar-refractivity contribution is 9.10. The predicted octanol–water partition coefficient (Wildman–Crippen LogP) is 4.34. The van der Waals surface area contributed by atoms with E-state index in [2.05, 4.69) is 40.1 Å². The maximum Gasteiger partial charge on any atom is 0.254 e. The summed E-state index contributed by atoms with van der Waals surface area (Å²) in [6.07, 6.45) is 0.837. The maximum atomic E-state index is 12.8. The second kappa shape index (κ2) is 9.10. The van der Waals surface area contributed by atoms with Crippen molar-refractivity contribution < 1.29 is 9.59 Å². The standard InChI is InChI=1S/C18H22BrN3O2S/c1-12(2)7-8-22(17(24)14-5-4-6-15(19)9-14)10-16(23)21-18-20-13(3)11-25-18/h4-6,9,11-12H,7-8,10H2,1-3H3,(H,20,21,23). The normalized spacial score (nSPS) is 10.8. The van der Waals surface area contributed by atoms with E-state index in [4.69, 9.17) is 0 Å². The SMILES string of the molecule is Cc1csc(NC(=O)CN(CCC(C)C)C(=O)c2cccc(Br)c2)n1. The Labute approximate surface area is 160 Å². The summed E-state index contributed by atoms with van der Waals surface area (Å²) in [5, 5.41) is 5.19. The Morgan fingerprint density at radius 1 is 1.36 bits per heavy atom. The molecule has 2 aromatic rings. The molecule has 0 saturated heterocycles. The predicted molar refractivity (Wildman–Crippen MR) is 105 cm³/mol. The zero-order valence-electron chi connectivity index (χ0n) is 14.6. The summed E-state index contributed by atoms with van der Waals surface area (Å²) in [6.45, 7) is 6.61.